The molecule has 4 aromatic rings. The summed E-state index contributed by atoms with van der Waals surface area (Å²) in [5, 5.41) is 5.31. The van der Waals surface area contributed by atoms with Crippen LogP contribution in [0.4, 0.5) is 0 Å². The van der Waals surface area contributed by atoms with Crippen molar-refractivity contribution in [2.45, 2.75) is 37.6 Å². The lowest BCUT2D eigenvalue weighted by Gasteiger charge is -2.38. The molecule has 0 aliphatic carbocycles. The maximum Gasteiger partial charge on any atom is 0.168 e. The second-order valence-corrected chi connectivity index (χ2v) is 12.2. The highest BCUT2D eigenvalue weighted by molar-refractivity contribution is 8.18. The summed E-state index contributed by atoms with van der Waals surface area (Å²) < 4.78 is 13.7. The molecule has 0 radical (unpaired) electrons. The van der Waals surface area contributed by atoms with Crippen molar-refractivity contribution in [2.24, 2.45) is 0 Å². The van der Waals surface area contributed by atoms with Gasteiger partial charge in [-0.1, -0.05) is 72.4 Å². The predicted octanol–water partition coefficient (Wildman–Crippen LogP) is 7.19. The number of thioether (sulfide) groups is 3. The first-order valence-electron chi connectivity index (χ1n) is 10.1. The van der Waals surface area contributed by atoms with Gasteiger partial charge in [0.05, 0.1) is 19.6 Å². The number of hydrogen-bond acceptors (Lipinski definition) is 5. The van der Waals surface area contributed by atoms with E-state index in [1.54, 1.807) is 0 Å². The molecule has 3 aliphatic rings. The Kier molecular flexibility index (Phi) is 3.71. The van der Waals surface area contributed by atoms with E-state index >= 15 is 0 Å². The van der Waals surface area contributed by atoms with E-state index in [1.807, 2.05) is 35.3 Å². The molecule has 4 unspecified atom stereocenters. The van der Waals surface area contributed by atoms with E-state index in [0.717, 1.165) is 11.5 Å². The van der Waals surface area contributed by atoms with Gasteiger partial charge in [0.15, 0.2) is 4.93 Å². The highest BCUT2D eigenvalue weighted by Gasteiger charge is 2.59. The molecule has 5 heteroatoms. The van der Waals surface area contributed by atoms with Crippen LogP contribution < -0.4 is 9.47 Å². The third-order valence-electron chi connectivity index (χ3n) is 6.18. The largest absolute Gasteiger partial charge is 0.486 e. The van der Waals surface area contributed by atoms with Crippen molar-refractivity contribution in [3.05, 3.63) is 72.8 Å². The third-order valence-corrected chi connectivity index (χ3v) is 11.0. The molecule has 148 valence electrons. The second kappa shape index (κ2) is 6.28. The zero-order chi connectivity index (χ0) is 19.9. The van der Waals surface area contributed by atoms with Gasteiger partial charge in [0.1, 0.15) is 17.6 Å². The predicted molar refractivity (Wildman–Crippen MR) is 128 cm³/mol. The highest BCUT2D eigenvalue weighted by atomic mass is 32.2. The van der Waals surface area contributed by atoms with E-state index in [4.69, 9.17) is 9.47 Å². The Labute approximate surface area is 187 Å². The van der Waals surface area contributed by atoms with Crippen LogP contribution in [0.1, 0.15) is 6.92 Å². The highest BCUT2D eigenvalue weighted by Crippen LogP contribution is 2.63. The first-order chi connectivity index (χ1) is 14.7. The van der Waals surface area contributed by atoms with Crippen LogP contribution in [0.25, 0.3) is 21.5 Å². The topological polar surface area (TPSA) is 18.5 Å². The lowest BCUT2D eigenvalue weighted by Crippen LogP contribution is -2.45. The number of benzene rings is 4. The van der Waals surface area contributed by atoms with Gasteiger partial charge in [-0.05, 0) is 40.6 Å². The lowest BCUT2D eigenvalue weighted by molar-refractivity contribution is 0.122. The van der Waals surface area contributed by atoms with Crippen LogP contribution in [0.2, 0.25) is 0 Å². The minimum absolute atomic E-state index is 0.107. The van der Waals surface area contributed by atoms with Crippen molar-refractivity contribution >= 4 is 56.8 Å². The Bertz CT molecular complexity index is 1340. The number of ether oxygens (including phenoxy) is 2. The van der Waals surface area contributed by atoms with Crippen LogP contribution in [0.15, 0.2) is 82.6 Å². The molecule has 0 aromatic heterocycles. The smallest absolute Gasteiger partial charge is 0.168 e. The monoisotopic (exact) mass is 446 g/mol. The average molecular weight is 447 g/mol. The summed E-state index contributed by atoms with van der Waals surface area (Å²) in [6.45, 7) is 2.23. The molecular formula is C25H18O2S3. The van der Waals surface area contributed by atoms with Gasteiger partial charge >= 0.3 is 0 Å². The molecule has 30 heavy (non-hydrogen) atoms. The van der Waals surface area contributed by atoms with Gasteiger partial charge in [0.2, 0.25) is 0 Å². The first kappa shape index (κ1) is 17.7. The van der Waals surface area contributed by atoms with Crippen molar-refractivity contribution in [3.8, 4) is 11.5 Å². The minimum Gasteiger partial charge on any atom is -0.486 e. The normalized spacial score (nSPS) is 28.8. The Morgan fingerprint density at radius 3 is 2.10 bits per heavy atom. The summed E-state index contributed by atoms with van der Waals surface area (Å²) in [6.07, 6.45) is 0.107. The minimum atomic E-state index is -0.305. The number of rotatable bonds is 0. The van der Waals surface area contributed by atoms with Gasteiger partial charge < -0.3 is 9.47 Å². The summed E-state index contributed by atoms with van der Waals surface area (Å²) in [7, 11) is 0. The zero-order valence-corrected chi connectivity index (χ0v) is 18.7. The van der Waals surface area contributed by atoms with Crippen LogP contribution >= 0.6 is 35.3 Å². The summed E-state index contributed by atoms with van der Waals surface area (Å²) in [6, 6.07) is 25.8. The van der Waals surface area contributed by atoms with E-state index in [2.05, 4.69) is 79.7 Å². The van der Waals surface area contributed by atoms with Crippen molar-refractivity contribution in [1.82, 2.24) is 0 Å². The van der Waals surface area contributed by atoms with Crippen molar-refractivity contribution in [2.75, 3.05) is 0 Å². The average Bonchev–Trinajstić information content (AvgIpc) is 3.06. The molecule has 1 fully saturated rings. The van der Waals surface area contributed by atoms with Crippen LogP contribution in [-0.4, -0.2) is 20.9 Å². The van der Waals surface area contributed by atoms with E-state index in [1.165, 1.54) is 31.3 Å². The summed E-state index contributed by atoms with van der Waals surface area (Å²) in [4.78, 5) is 2.20. The molecular weight excluding hydrogens is 428 g/mol. The standard InChI is InChI=1S/C25H18O2S3/c1-25-23(28-22-17-9-5-3-7-15(17)11-13-19(22)27-25)20-24(30-25)29-21-16-8-4-2-6-14(16)10-12-18(21)26-20/h2-13,20,23-24H,1H3. The molecule has 0 bridgehead atoms. The van der Waals surface area contributed by atoms with Gasteiger partial charge in [0, 0.05) is 0 Å². The van der Waals surface area contributed by atoms with E-state index in [0.29, 0.717) is 4.58 Å². The fraction of sp³-hybridized carbons (Fsp3) is 0.200. The fourth-order valence-corrected chi connectivity index (χ4v) is 10.0. The van der Waals surface area contributed by atoms with Crippen molar-refractivity contribution in [1.29, 1.82) is 0 Å². The van der Waals surface area contributed by atoms with E-state index < -0.39 is 0 Å². The fourth-order valence-electron chi connectivity index (χ4n) is 4.74. The number of hydrogen-bond donors (Lipinski definition) is 0. The Morgan fingerprint density at radius 2 is 1.37 bits per heavy atom. The number of fused-ring (bicyclic) bond motifs is 9. The molecule has 7 rings (SSSR count). The molecule has 2 nitrogen and oxygen atoms in total. The molecule has 0 N–H and O–H groups in total. The molecule has 0 amide bonds. The van der Waals surface area contributed by atoms with Crippen LogP contribution in [-0.2, 0) is 0 Å². The molecule has 0 saturated carbocycles. The van der Waals surface area contributed by atoms with Gasteiger partial charge in [-0.25, -0.2) is 0 Å². The Hall–Kier alpha value is -1.95. The molecule has 1 saturated heterocycles. The maximum absolute atomic E-state index is 6.68. The van der Waals surface area contributed by atoms with Crippen LogP contribution in [0.3, 0.4) is 0 Å². The van der Waals surface area contributed by atoms with Gasteiger partial charge in [-0.2, -0.15) is 0 Å². The quantitative estimate of drug-likeness (QED) is 0.284. The van der Waals surface area contributed by atoms with Crippen LogP contribution in [0.5, 0.6) is 11.5 Å². The van der Waals surface area contributed by atoms with Gasteiger partial charge in [-0.15, -0.1) is 23.5 Å². The first-order valence-corrected chi connectivity index (χ1v) is 12.7. The second-order valence-electron chi connectivity index (χ2n) is 8.07. The maximum atomic E-state index is 6.68. The Balaban J connectivity index is 1.32. The third kappa shape index (κ3) is 2.43. The SMILES string of the molecule is CC12Oc3ccc4ccccc4c3SC1C1Oc3ccc4ccccc4c3SC1S2. The molecule has 4 aromatic carbocycles. The van der Waals surface area contributed by atoms with Crippen molar-refractivity contribution < 1.29 is 9.47 Å². The van der Waals surface area contributed by atoms with Crippen molar-refractivity contribution in [3.63, 3.8) is 0 Å². The molecule has 4 atom stereocenters. The molecule has 0 spiro atoms. The molecule has 3 heterocycles. The van der Waals surface area contributed by atoms with Gasteiger partial charge in [0.25, 0.3) is 0 Å². The van der Waals surface area contributed by atoms with Gasteiger partial charge in [-0.3, -0.25) is 0 Å². The zero-order valence-electron chi connectivity index (χ0n) is 16.2. The summed E-state index contributed by atoms with van der Waals surface area (Å²) in [5.74, 6) is 2.01. The van der Waals surface area contributed by atoms with E-state index in [9.17, 15) is 0 Å². The Morgan fingerprint density at radius 1 is 0.733 bits per heavy atom. The summed E-state index contributed by atoms with van der Waals surface area (Å²) in [5.41, 5.74) is 0. The summed E-state index contributed by atoms with van der Waals surface area (Å²) >= 11 is 5.80. The van der Waals surface area contributed by atoms with Crippen LogP contribution in [0, 0.1) is 0 Å². The lowest BCUT2D eigenvalue weighted by atomic mass is 10.1. The van der Waals surface area contributed by atoms with E-state index in [-0.39, 0.29) is 16.3 Å². The molecule has 3 aliphatic heterocycles.